The lowest BCUT2D eigenvalue weighted by Crippen LogP contribution is -2.35. The summed E-state index contributed by atoms with van der Waals surface area (Å²) in [5.74, 6) is -0.799. The lowest BCUT2D eigenvalue weighted by molar-refractivity contribution is -0.130. The summed E-state index contributed by atoms with van der Waals surface area (Å²) in [7, 11) is 0. The number of nitrogens with zero attached hydrogens (tertiary/aromatic N) is 1. The Bertz CT molecular complexity index is 547. The zero-order valence-corrected chi connectivity index (χ0v) is 13.1. The number of hydrogen-bond acceptors (Lipinski definition) is 2. The fraction of sp³-hybridized carbons (Fsp3) is 0.529. The fourth-order valence-corrected chi connectivity index (χ4v) is 2.95. The molecule has 0 aliphatic carbocycles. The van der Waals surface area contributed by atoms with Crippen LogP contribution in [0.3, 0.4) is 0 Å². The standard InChI is InChI=1S/C17H23FN2O2/c1-3-8-19-17(22)15-11-20(16(21)4-2)10-14(15)12-6-5-7-13(18)9-12/h5-7,9,14-15H,3-4,8,10-11H2,1-2H3,(H,19,22)/t14-,15+/m1/s1. The van der Waals surface area contributed by atoms with E-state index in [4.69, 9.17) is 0 Å². The maximum atomic E-state index is 13.5. The first-order valence-corrected chi connectivity index (χ1v) is 7.87. The van der Waals surface area contributed by atoms with Gasteiger partial charge in [0.25, 0.3) is 0 Å². The summed E-state index contributed by atoms with van der Waals surface area (Å²) in [5.41, 5.74) is 0.781. The van der Waals surface area contributed by atoms with Crippen LogP contribution in [0, 0.1) is 11.7 Å². The van der Waals surface area contributed by atoms with Crippen molar-refractivity contribution in [3.63, 3.8) is 0 Å². The van der Waals surface area contributed by atoms with Gasteiger partial charge in [-0.2, -0.15) is 0 Å². The Kier molecular flexibility index (Phi) is 5.52. The summed E-state index contributed by atoms with van der Waals surface area (Å²) in [6.45, 7) is 5.30. The molecule has 1 aromatic rings. The second-order valence-corrected chi connectivity index (χ2v) is 5.71. The lowest BCUT2D eigenvalue weighted by atomic mass is 9.88. The van der Waals surface area contributed by atoms with Crippen molar-refractivity contribution < 1.29 is 14.0 Å². The van der Waals surface area contributed by atoms with Gasteiger partial charge in [0.15, 0.2) is 0 Å². The minimum Gasteiger partial charge on any atom is -0.356 e. The van der Waals surface area contributed by atoms with Crippen LogP contribution >= 0.6 is 0 Å². The Hall–Kier alpha value is -1.91. The molecule has 0 saturated carbocycles. The molecule has 1 aliphatic rings. The van der Waals surface area contributed by atoms with Gasteiger partial charge in [-0.15, -0.1) is 0 Å². The minimum absolute atomic E-state index is 0.0344. The molecule has 1 fully saturated rings. The average Bonchev–Trinajstić information content (AvgIpc) is 2.97. The molecule has 0 aromatic heterocycles. The van der Waals surface area contributed by atoms with Gasteiger partial charge in [0.1, 0.15) is 5.82 Å². The molecule has 0 bridgehead atoms. The van der Waals surface area contributed by atoms with E-state index in [1.54, 1.807) is 11.0 Å². The average molecular weight is 306 g/mol. The third-order valence-corrected chi connectivity index (χ3v) is 4.14. The highest BCUT2D eigenvalue weighted by Gasteiger charge is 2.39. The summed E-state index contributed by atoms with van der Waals surface area (Å²) in [6.07, 6.45) is 1.28. The predicted molar refractivity (Wildman–Crippen MR) is 82.8 cm³/mol. The van der Waals surface area contributed by atoms with E-state index in [1.807, 2.05) is 19.9 Å². The van der Waals surface area contributed by atoms with Crippen molar-refractivity contribution in [1.29, 1.82) is 0 Å². The van der Waals surface area contributed by atoms with Gasteiger partial charge in [-0.25, -0.2) is 4.39 Å². The minimum atomic E-state index is -0.316. The summed E-state index contributed by atoms with van der Waals surface area (Å²) in [6, 6.07) is 6.33. The zero-order chi connectivity index (χ0) is 16.1. The van der Waals surface area contributed by atoms with Gasteiger partial charge in [-0.3, -0.25) is 9.59 Å². The number of likely N-dealkylation sites (tertiary alicyclic amines) is 1. The van der Waals surface area contributed by atoms with Gasteiger partial charge in [-0.1, -0.05) is 26.0 Å². The Labute approximate surface area is 130 Å². The van der Waals surface area contributed by atoms with E-state index >= 15 is 0 Å². The molecule has 0 radical (unpaired) electrons. The molecule has 5 heteroatoms. The van der Waals surface area contributed by atoms with Crippen molar-refractivity contribution in [3.05, 3.63) is 35.6 Å². The maximum Gasteiger partial charge on any atom is 0.225 e. The van der Waals surface area contributed by atoms with Crippen molar-refractivity contribution in [2.45, 2.75) is 32.6 Å². The molecule has 0 spiro atoms. The number of carbonyl (C=O) groups is 2. The van der Waals surface area contributed by atoms with E-state index in [2.05, 4.69) is 5.32 Å². The highest BCUT2D eigenvalue weighted by molar-refractivity contribution is 5.83. The summed E-state index contributed by atoms with van der Waals surface area (Å²) in [4.78, 5) is 26.1. The highest BCUT2D eigenvalue weighted by atomic mass is 19.1. The third-order valence-electron chi connectivity index (χ3n) is 4.14. The Morgan fingerprint density at radius 1 is 1.32 bits per heavy atom. The molecule has 22 heavy (non-hydrogen) atoms. The van der Waals surface area contributed by atoms with Crippen LogP contribution in [-0.2, 0) is 9.59 Å². The number of nitrogens with one attached hydrogen (secondary N) is 1. The summed E-state index contributed by atoms with van der Waals surface area (Å²) >= 11 is 0. The second kappa shape index (κ2) is 7.38. The van der Waals surface area contributed by atoms with Crippen molar-refractivity contribution >= 4 is 11.8 Å². The first-order valence-electron chi connectivity index (χ1n) is 7.87. The lowest BCUT2D eigenvalue weighted by Gasteiger charge is -2.18. The van der Waals surface area contributed by atoms with E-state index in [0.29, 0.717) is 26.1 Å². The first-order chi connectivity index (χ1) is 10.6. The Morgan fingerprint density at radius 2 is 2.09 bits per heavy atom. The number of amides is 2. The van der Waals surface area contributed by atoms with Crippen molar-refractivity contribution in [3.8, 4) is 0 Å². The second-order valence-electron chi connectivity index (χ2n) is 5.71. The largest absolute Gasteiger partial charge is 0.356 e. The number of hydrogen-bond donors (Lipinski definition) is 1. The molecule has 1 aliphatic heterocycles. The molecule has 4 nitrogen and oxygen atoms in total. The predicted octanol–water partition coefficient (Wildman–Crippen LogP) is 2.30. The van der Waals surface area contributed by atoms with Crippen LogP contribution in [0.5, 0.6) is 0 Å². The molecule has 1 heterocycles. The Balaban J connectivity index is 2.22. The van der Waals surface area contributed by atoms with Gasteiger partial charge in [0.2, 0.25) is 11.8 Å². The highest BCUT2D eigenvalue weighted by Crippen LogP contribution is 2.33. The summed E-state index contributed by atoms with van der Waals surface area (Å²) < 4.78 is 13.5. The molecule has 2 amide bonds. The van der Waals surface area contributed by atoms with Gasteiger partial charge in [-0.05, 0) is 24.1 Å². The van der Waals surface area contributed by atoms with Crippen molar-refractivity contribution in [2.24, 2.45) is 5.92 Å². The molecular formula is C17H23FN2O2. The van der Waals surface area contributed by atoms with Crippen LogP contribution in [0.2, 0.25) is 0 Å². The van der Waals surface area contributed by atoms with E-state index < -0.39 is 0 Å². The Morgan fingerprint density at radius 3 is 2.73 bits per heavy atom. The van der Waals surface area contributed by atoms with Gasteiger partial charge in [0.05, 0.1) is 5.92 Å². The molecule has 2 rings (SSSR count). The van der Waals surface area contributed by atoms with Crippen LogP contribution < -0.4 is 5.32 Å². The van der Waals surface area contributed by atoms with Crippen LogP contribution in [0.25, 0.3) is 0 Å². The monoisotopic (exact) mass is 306 g/mol. The van der Waals surface area contributed by atoms with Crippen LogP contribution in [-0.4, -0.2) is 36.3 Å². The number of rotatable bonds is 5. The first kappa shape index (κ1) is 16.5. The van der Waals surface area contributed by atoms with E-state index in [1.165, 1.54) is 12.1 Å². The molecule has 1 aromatic carbocycles. The topological polar surface area (TPSA) is 49.4 Å². The fourth-order valence-electron chi connectivity index (χ4n) is 2.95. The SMILES string of the molecule is CCCNC(=O)[C@H]1CN(C(=O)CC)C[C@@H]1c1cccc(F)c1. The quantitative estimate of drug-likeness (QED) is 0.907. The third kappa shape index (κ3) is 3.64. The van der Waals surface area contributed by atoms with Gasteiger partial charge in [0, 0.05) is 32.0 Å². The molecule has 2 atom stereocenters. The van der Waals surface area contributed by atoms with E-state index in [9.17, 15) is 14.0 Å². The van der Waals surface area contributed by atoms with Gasteiger partial charge >= 0.3 is 0 Å². The molecule has 1 N–H and O–H groups in total. The number of carbonyl (C=O) groups excluding carboxylic acids is 2. The number of halogens is 1. The normalized spacial score (nSPS) is 21.0. The maximum absolute atomic E-state index is 13.5. The molecule has 1 saturated heterocycles. The summed E-state index contributed by atoms with van der Waals surface area (Å²) in [5, 5.41) is 2.90. The smallest absolute Gasteiger partial charge is 0.225 e. The van der Waals surface area contributed by atoms with Crippen molar-refractivity contribution in [1.82, 2.24) is 10.2 Å². The van der Waals surface area contributed by atoms with E-state index in [-0.39, 0.29) is 29.5 Å². The van der Waals surface area contributed by atoms with Crippen LogP contribution in [0.15, 0.2) is 24.3 Å². The molecule has 0 unspecified atom stereocenters. The van der Waals surface area contributed by atoms with Crippen molar-refractivity contribution in [2.75, 3.05) is 19.6 Å². The molecule has 120 valence electrons. The zero-order valence-electron chi connectivity index (χ0n) is 13.1. The molecular weight excluding hydrogens is 283 g/mol. The van der Waals surface area contributed by atoms with Crippen LogP contribution in [0.1, 0.15) is 38.2 Å². The van der Waals surface area contributed by atoms with Gasteiger partial charge < -0.3 is 10.2 Å². The van der Waals surface area contributed by atoms with Crippen LogP contribution in [0.4, 0.5) is 4.39 Å². The van der Waals surface area contributed by atoms with E-state index in [0.717, 1.165) is 12.0 Å². The number of benzene rings is 1.